The number of aromatic nitrogens is 4. The van der Waals surface area contributed by atoms with E-state index in [0.717, 1.165) is 45.3 Å². The van der Waals surface area contributed by atoms with E-state index in [-0.39, 0.29) is 53.0 Å². The molecule has 1 saturated carbocycles. The predicted octanol–water partition coefficient (Wildman–Crippen LogP) is 6.05. The first kappa shape index (κ1) is 42.5. The fourth-order valence-electron chi connectivity index (χ4n) is 9.53. The summed E-state index contributed by atoms with van der Waals surface area (Å²) in [6.45, 7) is 6.03. The van der Waals surface area contributed by atoms with Gasteiger partial charge in [0.2, 0.25) is 5.91 Å². The molecule has 1 aliphatic carbocycles. The van der Waals surface area contributed by atoms with E-state index in [4.69, 9.17) is 4.74 Å². The third-order valence-electron chi connectivity index (χ3n) is 13.4. The molecule has 16 nitrogen and oxygen atoms in total. The minimum Gasteiger partial charge on any atom is -0.453 e. The molecule has 5 aromatic rings. The number of piperidine rings is 2. The number of nitrogens with one attached hydrogen (secondary N) is 2. The molecule has 330 valence electrons. The van der Waals surface area contributed by atoms with Gasteiger partial charge in [0.1, 0.15) is 23.2 Å². The van der Waals surface area contributed by atoms with Crippen LogP contribution >= 0.6 is 12.1 Å². The smallest absolute Gasteiger partial charge is 0.329 e. The molecule has 0 unspecified atom stereocenters. The van der Waals surface area contributed by atoms with Crippen molar-refractivity contribution in [1.29, 1.82) is 5.26 Å². The molecular weight excluding hydrogens is 833 g/mol. The van der Waals surface area contributed by atoms with Crippen LogP contribution in [0.25, 0.3) is 21.8 Å². The van der Waals surface area contributed by atoms with Crippen molar-refractivity contribution in [3.05, 3.63) is 76.3 Å². The van der Waals surface area contributed by atoms with Crippen molar-refractivity contribution in [2.75, 3.05) is 67.4 Å². The average Bonchev–Trinajstić information content (AvgIpc) is 3.57. The normalized spacial score (nSPS) is 19.1. The summed E-state index contributed by atoms with van der Waals surface area (Å²) in [7, 11) is 3.62. The first-order chi connectivity index (χ1) is 30.3. The van der Waals surface area contributed by atoms with E-state index in [1.165, 1.54) is 35.2 Å². The molecule has 3 N–H and O–H groups in total. The van der Waals surface area contributed by atoms with E-state index >= 15 is 8.78 Å². The lowest BCUT2D eigenvalue weighted by molar-refractivity contribution is -0.120. The van der Waals surface area contributed by atoms with Crippen LogP contribution in [0, 0.1) is 28.4 Å². The van der Waals surface area contributed by atoms with Gasteiger partial charge in [-0.3, -0.25) is 29.1 Å². The van der Waals surface area contributed by atoms with Gasteiger partial charge in [0.25, 0.3) is 5.56 Å². The lowest BCUT2D eigenvalue weighted by Gasteiger charge is -2.53. The van der Waals surface area contributed by atoms with Gasteiger partial charge in [-0.05, 0) is 107 Å². The molecule has 3 aromatic carbocycles. The predicted molar refractivity (Wildman–Crippen MR) is 236 cm³/mol. The van der Waals surface area contributed by atoms with Crippen LogP contribution in [-0.2, 0) is 11.8 Å². The number of likely N-dealkylation sites (tertiary alicyclic amines) is 1. The lowest BCUT2D eigenvalue weighted by Crippen LogP contribution is -2.55. The Morgan fingerprint density at radius 1 is 1.02 bits per heavy atom. The molecule has 4 aliphatic rings. The van der Waals surface area contributed by atoms with Gasteiger partial charge < -0.3 is 24.4 Å². The Morgan fingerprint density at radius 2 is 1.78 bits per heavy atom. The molecule has 4 fully saturated rings. The minimum atomic E-state index is -0.915. The highest BCUT2D eigenvalue weighted by atomic mass is 32.2. The minimum absolute atomic E-state index is 0.0115. The maximum atomic E-state index is 15.7. The Labute approximate surface area is 366 Å². The Balaban J connectivity index is 0.801. The molecule has 63 heavy (non-hydrogen) atoms. The van der Waals surface area contributed by atoms with Crippen LogP contribution in [0.5, 0.6) is 11.5 Å². The summed E-state index contributed by atoms with van der Waals surface area (Å²) in [4.78, 5) is 48.3. The van der Waals surface area contributed by atoms with Gasteiger partial charge in [-0.1, -0.05) is 6.92 Å². The standard InChI is InChI=1S/C44H49F2N11O5S/c1-4-52(2)63-51-35-8-6-32(45)39(31(35)24-47)62-28-5-7-34-29(19-28)41(59)57(26-48-34)27-22-43(23-27)10-15-54(16-11-43)25-44(61)12-17-55(18-13-44)37-21-36-30(20-33(37)46)40(50-53(36)3)56-14-9-38(58)49-42(56)60/h5-8,19-21,26-27,51,61H,4,9-18,22-23,25H2,1-3H3,(H,49,58,60). The quantitative estimate of drug-likeness (QED) is 0.131. The van der Waals surface area contributed by atoms with Gasteiger partial charge in [-0.15, -0.1) is 0 Å². The van der Waals surface area contributed by atoms with Crippen LogP contribution in [0.4, 0.5) is 30.8 Å². The molecule has 19 heteroatoms. The number of nitrogens with zero attached hydrogens (tertiary/aromatic N) is 9. The highest BCUT2D eigenvalue weighted by Gasteiger charge is 2.48. The second kappa shape index (κ2) is 16.7. The molecule has 2 aromatic heterocycles. The van der Waals surface area contributed by atoms with Crippen molar-refractivity contribution in [2.24, 2.45) is 12.5 Å². The van der Waals surface area contributed by atoms with Gasteiger partial charge in [-0.25, -0.2) is 22.9 Å². The number of benzene rings is 3. The molecule has 3 saturated heterocycles. The number of hydrogen-bond acceptors (Lipinski definition) is 13. The highest BCUT2D eigenvalue weighted by Crippen LogP contribution is 2.54. The summed E-state index contributed by atoms with van der Waals surface area (Å²) in [5, 5.41) is 29.3. The fourth-order valence-corrected chi connectivity index (χ4v) is 10.1. The number of amides is 3. The summed E-state index contributed by atoms with van der Waals surface area (Å²) < 4.78 is 45.0. The van der Waals surface area contributed by atoms with Crippen LogP contribution in [0.2, 0.25) is 0 Å². The number of urea groups is 1. The molecular formula is C44H49F2N11O5S. The Hall–Kier alpha value is -5.81. The maximum Gasteiger partial charge on any atom is 0.329 e. The van der Waals surface area contributed by atoms with Crippen molar-refractivity contribution < 1.29 is 28.2 Å². The van der Waals surface area contributed by atoms with Crippen LogP contribution in [0.3, 0.4) is 0 Å². The number of carbonyl (C=O) groups is 2. The SMILES string of the molecule is CCN(C)SNc1ccc(F)c(Oc2ccc3ncn(C4CC5(CCN(CC6(O)CCN(c7cc8c(cc7F)c(N7CCC(=O)NC7=O)nn8C)CC6)CC5)C4)c(=O)c3c2)c1C#N. The fraction of sp³-hybridized carbons (Fsp3) is 0.455. The Kier molecular flexibility index (Phi) is 11.3. The third-order valence-corrected chi connectivity index (χ3v) is 14.2. The second-order valence-electron chi connectivity index (χ2n) is 17.4. The van der Waals surface area contributed by atoms with E-state index in [1.54, 1.807) is 46.9 Å². The van der Waals surface area contributed by atoms with Crippen molar-refractivity contribution in [2.45, 2.75) is 63.5 Å². The van der Waals surface area contributed by atoms with Crippen LogP contribution in [0.15, 0.2) is 53.6 Å². The number of carbonyl (C=O) groups excluding carboxylic acids is 2. The first-order valence-corrected chi connectivity index (χ1v) is 22.1. The molecule has 1 spiro atoms. The number of nitriles is 1. The van der Waals surface area contributed by atoms with Crippen molar-refractivity contribution in [1.82, 2.24) is 33.9 Å². The molecule has 9 rings (SSSR count). The first-order valence-electron chi connectivity index (χ1n) is 21.3. The largest absolute Gasteiger partial charge is 0.453 e. The third kappa shape index (κ3) is 8.16. The van der Waals surface area contributed by atoms with Crippen molar-refractivity contribution in [3.8, 4) is 17.6 Å². The zero-order chi connectivity index (χ0) is 44.2. The van der Waals surface area contributed by atoms with Gasteiger partial charge in [0.15, 0.2) is 17.4 Å². The number of hydrogen-bond donors (Lipinski definition) is 3. The number of halogens is 2. The number of aliphatic hydroxyl groups is 1. The van der Waals surface area contributed by atoms with Crippen LogP contribution < -0.4 is 30.1 Å². The van der Waals surface area contributed by atoms with E-state index in [0.29, 0.717) is 71.5 Å². The monoisotopic (exact) mass is 881 g/mol. The van der Waals surface area contributed by atoms with Gasteiger partial charge in [0.05, 0.1) is 39.7 Å². The molecule has 3 amide bonds. The molecule has 3 aliphatic heterocycles. The number of imide groups is 1. The summed E-state index contributed by atoms with van der Waals surface area (Å²) in [6, 6.07) is 12.1. The summed E-state index contributed by atoms with van der Waals surface area (Å²) in [5.74, 6) is -1.21. The molecule has 0 atom stereocenters. The summed E-state index contributed by atoms with van der Waals surface area (Å²) >= 11 is 1.28. The number of β-amino-alcohol motifs (C(OH)–C–C–N with tert-alkyl or cyclic N) is 1. The second-order valence-corrected chi connectivity index (χ2v) is 18.4. The Morgan fingerprint density at radius 3 is 2.49 bits per heavy atom. The number of rotatable bonds is 11. The average molecular weight is 882 g/mol. The molecule has 0 radical (unpaired) electrons. The van der Waals surface area contributed by atoms with Crippen LogP contribution in [0.1, 0.15) is 63.5 Å². The van der Waals surface area contributed by atoms with Crippen molar-refractivity contribution >= 4 is 63.1 Å². The van der Waals surface area contributed by atoms with Gasteiger partial charge in [-0.2, -0.15) is 10.4 Å². The zero-order valence-corrected chi connectivity index (χ0v) is 36.2. The van der Waals surface area contributed by atoms with E-state index in [2.05, 4.69) is 25.0 Å². The van der Waals surface area contributed by atoms with Crippen LogP contribution in [-0.4, -0.2) is 104 Å². The number of aryl methyl sites for hydroxylation is 1. The van der Waals surface area contributed by atoms with Gasteiger partial charge in [0, 0.05) is 69.8 Å². The number of anilines is 3. The summed E-state index contributed by atoms with van der Waals surface area (Å²) in [6.07, 6.45) is 6.26. The van der Waals surface area contributed by atoms with Gasteiger partial charge >= 0.3 is 6.03 Å². The van der Waals surface area contributed by atoms with E-state index in [1.807, 2.05) is 29.2 Å². The highest BCUT2D eigenvalue weighted by molar-refractivity contribution is 7.98. The Bertz CT molecular complexity index is 2710. The van der Waals surface area contributed by atoms with Crippen molar-refractivity contribution in [3.63, 3.8) is 0 Å². The zero-order valence-electron chi connectivity index (χ0n) is 35.4. The van der Waals surface area contributed by atoms with E-state index < -0.39 is 23.3 Å². The topological polar surface area (TPSA) is 177 Å². The molecule has 5 heterocycles. The molecule has 0 bridgehead atoms. The number of fused-ring (bicyclic) bond motifs is 2. The number of ether oxygens (including phenoxy) is 1. The van der Waals surface area contributed by atoms with E-state index in [9.17, 15) is 24.8 Å². The summed E-state index contributed by atoms with van der Waals surface area (Å²) in [5.41, 5.74) is 0.954. The maximum absolute atomic E-state index is 15.7. The lowest BCUT2D eigenvalue weighted by atomic mass is 9.60.